The van der Waals surface area contributed by atoms with Gasteiger partial charge in [-0.1, -0.05) is 30.3 Å². The minimum absolute atomic E-state index is 0.116. The summed E-state index contributed by atoms with van der Waals surface area (Å²) in [7, 11) is 0. The van der Waals surface area contributed by atoms with Crippen molar-refractivity contribution in [1.82, 2.24) is 4.98 Å². The highest BCUT2D eigenvalue weighted by molar-refractivity contribution is 7.10. The fraction of sp³-hybridized carbons (Fsp3) is 0.105. The van der Waals surface area contributed by atoms with E-state index < -0.39 is 0 Å². The van der Waals surface area contributed by atoms with Crippen molar-refractivity contribution >= 4 is 28.1 Å². The Morgan fingerprint density at radius 2 is 1.91 bits per heavy atom. The van der Waals surface area contributed by atoms with Gasteiger partial charge < -0.3 is 4.98 Å². The van der Waals surface area contributed by atoms with Gasteiger partial charge in [-0.15, -0.1) is 11.3 Å². The van der Waals surface area contributed by atoms with Crippen LogP contribution in [0.4, 0.5) is 5.82 Å². The number of fused-ring (bicyclic) bond motifs is 1. The van der Waals surface area contributed by atoms with Gasteiger partial charge in [0.2, 0.25) is 0 Å². The van der Waals surface area contributed by atoms with Crippen molar-refractivity contribution in [3.63, 3.8) is 0 Å². The second-order valence-electron chi connectivity index (χ2n) is 5.58. The van der Waals surface area contributed by atoms with Crippen LogP contribution in [0, 0.1) is 6.92 Å². The van der Waals surface area contributed by atoms with E-state index in [0.717, 1.165) is 5.82 Å². The van der Waals surface area contributed by atoms with Crippen molar-refractivity contribution in [3.05, 3.63) is 82.3 Å². The lowest BCUT2D eigenvalue weighted by Gasteiger charge is -2.14. The molecule has 3 aromatic heterocycles. The molecule has 0 spiro atoms. The fourth-order valence-corrected chi connectivity index (χ4v) is 3.83. The molecule has 4 aromatic rings. The number of anilines is 1. The first kappa shape index (κ1) is 14.0. The Hall–Kier alpha value is -2.59. The highest BCUT2D eigenvalue weighted by Gasteiger charge is 2.25. The monoisotopic (exact) mass is 320 g/mol. The molecule has 0 aliphatic rings. The van der Waals surface area contributed by atoms with Crippen LogP contribution in [-0.2, 0) is 0 Å². The van der Waals surface area contributed by atoms with E-state index in [1.54, 1.807) is 11.3 Å². The van der Waals surface area contributed by atoms with Gasteiger partial charge in [-0.05, 0) is 30.5 Å². The highest BCUT2D eigenvalue weighted by Crippen LogP contribution is 2.35. The Morgan fingerprint density at radius 1 is 1.04 bits per heavy atom. The molecule has 114 valence electrons. The zero-order chi connectivity index (χ0) is 15.6. The molecule has 4 rings (SSSR count). The molecule has 0 bridgehead atoms. The standard InChI is InChI=1S/C19H17N3S/c1-13-18(14-7-2-3-8-15(14)21-13)19(16-9-6-12-23-16)22-17-10-4-5-11-20-17/h2-12,19,21H,1H3,(H,20,22)/p+1/t19-/m1/s1. The van der Waals surface area contributed by atoms with Crippen molar-refractivity contribution < 1.29 is 4.98 Å². The number of nitrogens with one attached hydrogen (secondary N) is 3. The number of hydrogen-bond acceptors (Lipinski definition) is 2. The predicted octanol–water partition coefficient (Wildman–Crippen LogP) is 4.55. The first-order valence-corrected chi connectivity index (χ1v) is 8.55. The van der Waals surface area contributed by atoms with Gasteiger partial charge in [0.05, 0.1) is 11.1 Å². The van der Waals surface area contributed by atoms with Crippen molar-refractivity contribution in [2.24, 2.45) is 0 Å². The molecule has 0 aliphatic heterocycles. The molecule has 0 saturated carbocycles. The normalized spacial score (nSPS) is 12.4. The van der Waals surface area contributed by atoms with Crippen molar-refractivity contribution in [1.29, 1.82) is 0 Å². The fourth-order valence-electron chi connectivity index (χ4n) is 3.05. The lowest BCUT2D eigenvalue weighted by atomic mass is 10.0. The third-order valence-corrected chi connectivity index (χ3v) is 5.01. The molecule has 1 aromatic carbocycles. The smallest absolute Gasteiger partial charge is 0.272 e. The number of aromatic amines is 2. The maximum atomic E-state index is 3.65. The summed E-state index contributed by atoms with van der Waals surface area (Å²) in [5.74, 6) is 1.01. The van der Waals surface area contributed by atoms with Crippen molar-refractivity contribution in [2.45, 2.75) is 13.0 Å². The number of H-pyrrole nitrogens is 2. The van der Waals surface area contributed by atoms with E-state index in [1.165, 1.54) is 27.0 Å². The first-order valence-electron chi connectivity index (χ1n) is 7.67. The summed E-state index contributed by atoms with van der Waals surface area (Å²) in [4.78, 5) is 8.08. The molecule has 3 nitrogen and oxygen atoms in total. The predicted molar refractivity (Wildman–Crippen MR) is 95.8 cm³/mol. The third kappa shape index (κ3) is 2.62. The van der Waals surface area contributed by atoms with Gasteiger partial charge in [0.1, 0.15) is 0 Å². The van der Waals surface area contributed by atoms with Crippen LogP contribution in [0.1, 0.15) is 22.2 Å². The lowest BCUT2D eigenvalue weighted by molar-refractivity contribution is -0.361. The summed E-state index contributed by atoms with van der Waals surface area (Å²) in [6.07, 6.45) is 1.94. The number of hydrogen-bond donors (Lipinski definition) is 2. The van der Waals surface area contributed by atoms with Gasteiger partial charge in [0, 0.05) is 28.2 Å². The number of aromatic nitrogens is 2. The zero-order valence-electron chi connectivity index (χ0n) is 12.8. The van der Waals surface area contributed by atoms with E-state index in [1.807, 2.05) is 18.3 Å². The van der Waals surface area contributed by atoms with E-state index in [-0.39, 0.29) is 6.04 Å². The molecule has 23 heavy (non-hydrogen) atoms. The maximum Gasteiger partial charge on any atom is 0.272 e. The van der Waals surface area contributed by atoms with Gasteiger partial charge >= 0.3 is 0 Å². The molecule has 0 radical (unpaired) electrons. The molecule has 0 unspecified atom stereocenters. The summed E-state index contributed by atoms with van der Waals surface area (Å²) >= 11 is 1.78. The maximum absolute atomic E-state index is 3.65. The molecule has 0 amide bonds. The van der Waals surface area contributed by atoms with Crippen molar-refractivity contribution in [3.8, 4) is 0 Å². The second kappa shape index (κ2) is 5.89. The molecule has 3 N–H and O–H groups in total. The zero-order valence-corrected chi connectivity index (χ0v) is 13.7. The van der Waals surface area contributed by atoms with Crippen LogP contribution in [0.15, 0.2) is 66.2 Å². The molecule has 1 atom stereocenters. The molecule has 3 heterocycles. The first-order chi connectivity index (χ1) is 11.3. The number of para-hydroxylation sites is 1. The Bertz CT molecular complexity index is 910. The number of benzene rings is 1. The third-order valence-electron chi connectivity index (χ3n) is 4.07. The topological polar surface area (TPSA) is 42.0 Å². The summed E-state index contributed by atoms with van der Waals surface area (Å²) in [6.45, 7) is 2.15. The van der Waals surface area contributed by atoms with Gasteiger partial charge in [0.25, 0.3) is 5.82 Å². The number of pyridine rings is 1. The molecular formula is C19H18N3S+. The number of thiophene rings is 1. The van der Waals surface area contributed by atoms with Crippen LogP contribution in [0.3, 0.4) is 0 Å². The van der Waals surface area contributed by atoms with Gasteiger partial charge in [-0.2, -0.15) is 0 Å². The largest absolute Gasteiger partial charge is 0.358 e. The molecular weight excluding hydrogens is 302 g/mol. The average Bonchev–Trinajstić information content (AvgIpc) is 3.21. The number of rotatable bonds is 4. The van der Waals surface area contributed by atoms with E-state index in [4.69, 9.17) is 0 Å². The highest BCUT2D eigenvalue weighted by atomic mass is 32.1. The van der Waals surface area contributed by atoms with Crippen LogP contribution < -0.4 is 10.3 Å². The summed E-state index contributed by atoms with van der Waals surface area (Å²) in [5, 5.41) is 7.05. The van der Waals surface area contributed by atoms with E-state index in [2.05, 4.69) is 70.1 Å². The average molecular weight is 320 g/mol. The summed E-state index contributed by atoms with van der Waals surface area (Å²) in [5.41, 5.74) is 3.69. The van der Waals surface area contributed by atoms with Gasteiger partial charge in [0.15, 0.2) is 6.04 Å². The van der Waals surface area contributed by atoms with E-state index >= 15 is 0 Å². The van der Waals surface area contributed by atoms with Crippen LogP contribution in [0.5, 0.6) is 0 Å². The van der Waals surface area contributed by atoms with Crippen LogP contribution in [-0.4, -0.2) is 4.98 Å². The SMILES string of the molecule is Cc1[nH]c2ccccc2c1[C@H](Nc1cccc[nH+]1)c1cccs1. The molecule has 0 aliphatic carbocycles. The quantitative estimate of drug-likeness (QED) is 0.569. The van der Waals surface area contributed by atoms with Crippen LogP contribution in [0.25, 0.3) is 10.9 Å². The Morgan fingerprint density at radius 3 is 2.70 bits per heavy atom. The van der Waals surface area contributed by atoms with Crippen molar-refractivity contribution in [2.75, 3.05) is 5.32 Å². The molecule has 4 heteroatoms. The Kier molecular flexibility index (Phi) is 3.60. The van der Waals surface area contributed by atoms with Gasteiger partial charge in [-0.3, -0.25) is 5.32 Å². The minimum Gasteiger partial charge on any atom is -0.358 e. The minimum atomic E-state index is 0.116. The Labute approximate surface area is 139 Å². The molecule has 0 fully saturated rings. The summed E-state index contributed by atoms with van der Waals surface area (Å²) in [6, 6.07) is 19.0. The number of aryl methyl sites for hydroxylation is 1. The van der Waals surface area contributed by atoms with E-state index in [9.17, 15) is 0 Å². The van der Waals surface area contributed by atoms with Gasteiger partial charge in [-0.25, -0.2) is 4.98 Å². The van der Waals surface area contributed by atoms with Crippen LogP contribution in [0.2, 0.25) is 0 Å². The molecule has 0 saturated heterocycles. The van der Waals surface area contributed by atoms with E-state index in [0.29, 0.717) is 0 Å². The Balaban J connectivity index is 1.86. The summed E-state index contributed by atoms with van der Waals surface area (Å²) < 4.78 is 0. The lowest BCUT2D eigenvalue weighted by Crippen LogP contribution is -2.18. The van der Waals surface area contributed by atoms with Crippen LogP contribution >= 0.6 is 11.3 Å². The second-order valence-corrected chi connectivity index (χ2v) is 6.56.